The van der Waals surface area contributed by atoms with Crippen LogP contribution in [0.4, 0.5) is 17.1 Å². The van der Waals surface area contributed by atoms with E-state index in [2.05, 4.69) is 31.9 Å². The van der Waals surface area contributed by atoms with E-state index in [1.165, 1.54) is 0 Å². The van der Waals surface area contributed by atoms with Crippen LogP contribution in [-0.4, -0.2) is 106 Å². The number of amides is 5. The number of hydrogen-bond donors (Lipinski definition) is 1. The SMILES string of the molecule is [C-]#[N+]c1ccc(N2CC3(CCN(c4ccc(C(=O)N5CCC(C(=O)CN6Cc7cc8c(cc7C6)C(=O)N(C6CCC(=O)NC6=O)C8=O)CC5)nc4)CC3)C[C@@H]2C)cc1Cl. The highest BCUT2D eigenvalue weighted by molar-refractivity contribution is 6.33. The predicted molar refractivity (Wildman–Crippen MR) is 218 cm³/mol. The standard InChI is InChI=1S/C44H45ClN8O6/c1-26-20-44(25-52(26)30-3-5-35(46-2)34(45)19-30)11-15-50(16-12-44)31-4-6-36(47-21-31)43(59)51-13-9-27(10-14-51)38(54)24-49-22-28-17-32-33(18-29(28)23-49)42(58)53(41(32)57)37-7-8-39(55)48-40(37)56/h3-6,17-19,21,26-27,37H,7-16,20,22-25H2,1H3,(H,48,55,56)/t26-,37?/m0/s1. The molecule has 1 aromatic heterocycles. The topological polar surface area (TPSA) is 148 Å². The summed E-state index contributed by atoms with van der Waals surface area (Å²) in [5.74, 6) is -2.33. The van der Waals surface area contributed by atoms with E-state index in [1.54, 1.807) is 29.3 Å². The van der Waals surface area contributed by atoms with Crippen LogP contribution in [-0.2, 0) is 27.5 Å². The van der Waals surface area contributed by atoms with Crippen LogP contribution in [0.5, 0.6) is 0 Å². The Labute approximate surface area is 347 Å². The van der Waals surface area contributed by atoms with Crippen LogP contribution >= 0.6 is 11.6 Å². The fraction of sp³-hybridized carbons (Fsp3) is 0.455. The van der Waals surface area contributed by atoms with Crippen molar-refractivity contribution in [2.45, 2.75) is 77.0 Å². The van der Waals surface area contributed by atoms with Gasteiger partial charge in [-0.1, -0.05) is 17.7 Å². The monoisotopic (exact) mass is 816 g/mol. The first-order valence-corrected chi connectivity index (χ1v) is 20.8. The number of ketones is 1. The third-order valence-corrected chi connectivity index (χ3v) is 13.8. The van der Waals surface area contributed by atoms with E-state index in [1.807, 2.05) is 29.2 Å². The van der Waals surface area contributed by atoms with Crippen molar-refractivity contribution in [2.24, 2.45) is 11.3 Å². The molecule has 6 aliphatic heterocycles. The zero-order chi connectivity index (χ0) is 41.2. The average molecular weight is 817 g/mol. The minimum atomic E-state index is -1.01. The smallest absolute Gasteiger partial charge is 0.272 e. The summed E-state index contributed by atoms with van der Waals surface area (Å²) in [6, 6.07) is 12.3. The molecule has 15 heteroatoms. The number of pyridine rings is 1. The number of aromatic nitrogens is 1. The van der Waals surface area contributed by atoms with Gasteiger partial charge in [0.05, 0.1) is 36.1 Å². The van der Waals surface area contributed by atoms with Crippen molar-refractivity contribution in [1.29, 1.82) is 0 Å². The molecule has 1 spiro atoms. The summed E-state index contributed by atoms with van der Waals surface area (Å²) < 4.78 is 0. The van der Waals surface area contributed by atoms with Gasteiger partial charge in [0, 0.05) is 74.9 Å². The summed E-state index contributed by atoms with van der Waals surface area (Å²) in [7, 11) is 0. The van der Waals surface area contributed by atoms with Crippen molar-refractivity contribution in [3.63, 3.8) is 0 Å². The zero-order valence-electron chi connectivity index (χ0n) is 32.9. The fourth-order valence-electron chi connectivity index (χ4n) is 10.2. The molecule has 304 valence electrons. The Morgan fingerprint density at radius 2 is 1.59 bits per heavy atom. The molecule has 0 aliphatic carbocycles. The van der Waals surface area contributed by atoms with Gasteiger partial charge in [-0.05, 0) is 98.4 Å². The molecule has 14 nitrogen and oxygen atoms in total. The molecule has 6 aliphatic rings. The highest BCUT2D eigenvalue weighted by atomic mass is 35.5. The van der Waals surface area contributed by atoms with Crippen molar-refractivity contribution in [3.05, 3.63) is 93.0 Å². The van der Waals surface area contributed by atoms with Gasteiger partial charge in [-0.3, -0.25) is 43.9 Å². The molecule has 59 heavy (non-hydrogen) atoms. The van der Waals surface area contributed by atoms with Gasteiger partial charge in [-0.2, -0.15) is 0 Å². The van der Waals surface area contributed by atoms with Crippen LogP contribution in [0.3, 0.4) is 0 Å². The number of imide groups is 2. The Hall–Kier alpha value is -5.65. The lowest BCUT2D eigenvalue weighted by Crippen LogP contribution is -2.54. The lowest BCUT2D eigenvalue weighted by atomic mass is 9.76. The van der Waals surface area contributed by atoms with Gasteiger partial charge < -0.3 is 14.7 Å². The number of carbonyl (C=O) groups is 6. The summed E-state index contributed by atoms with van der Waals surface area (Å²) in [5.41, 5.74) is 5.38. The van der Waals surface area contributed by atoms with Crippen molar-refractivity contribution in [2.75, 3.05) is 49.1 Å². The zero-order valence-corrected chi connectivity index (χ0v) is 33.7. The van der Waals surface area contributed by atoms with Gasteiger partial charge in [-0.15, -0.1) is 0 Å². The fourth-order valence-corrected chi connectivity index (χ4v) is 10.4. The van der Waals surface area contributed by atoms with Gasteiger partial charge in [0.15, 0.2) is 0 Å². The number of Topliss-reactive ketones (excluding diaryl/α,β-unsaturated/α-hetero) is 1. The van der Waals surface area contributed by atoms with Gasteiger partial charge in [0.25, 0.3) is 17.7 Å². The van der Waals surface area contributed by atoms with Crippen molar-refractivity contribution in [3.8, 4) is 0 Å². The molecule has 4 fully saturated rings. The number of carbonyl (C=O) groups excluding carboxylic acids is 6. The number of benzene rings is 2. The second-order valence-electron chi connectivity index (χ2n) is 17.1. The molecule has 0 bridgehead atoms. The van der Waals surface area contributed by atoms with Crippen LogP contribution in [0, 0.1) is 17.9 Å². The molecule has 1 unspecified atom stereocenters. The van der Waals surface area contributed by atoms with E-state index in [-0.39, 0.29) is 53.5 Å². The highest BCUT2D eigenvalue weighted by Crippen LogP contribution is 2.46. The van der Waals surface area contributed by atoms with Crippen LogP contribution in [0.15, 0.2) is 48.7 Å². The Balaban J connectivity index is 0.739. The maximum atomic E-state index is 13.5. The Morgan fingerprint density at radius 1 is 0.915 bits per heavy atom. The lowest BCUT2D eigenvalue weighted by molar-refractivity contribution is -0.136. The predicted octanol–water partition coefficient (Wildman–Crippen LogP) is 5.01. The third-order valence-electron chi connectivity index (χ3n) is 13.5. The Bertz CT molecular complexity index is 2280. The largest absolute Gasteiger partial charge is 0.370 e. The lowest BCUT2D eigenvalue weighted by Gasteiger charge is -2.40. The second kappa shape index (κ2) is 15.2. The summed E-state index contributed by atoms with van der Waals surface area (Å²) in [6.07, 6.45) is 6.32. The van der Waals surface area contributed by atoms with Crippen molar-refractivity contribution >= 4 is 64.0 Å². The van der Waals surface area contributed by atoms with Gasteiger partial charge in [0.2, 0.25) is 17.5 Å². The molecule has 1 N–H and O–H groups in total. The number of halogens is 1. The summed E-state index contributed by atoms with van der Waals surface area (Å²) in [5, 5.41) is 2.71. The maximum Gasteiger partial charge on any atom is 0.272 e. The number of rotatable bonds is 7. The number of piperidine rings is 3. The van der Waals surface area contributed by atoms with E-state index >= 15 is 0 Å². The van der Waals surface area contributed by atoms with E-state index in [0.717, 1.165) is 66.3 Å². The molecule has 7 heterocycles. The molecule has 2 atom stereocenters. The third kappa shape index (κ3) is 7.14. The average Bonchev–Trinajstić information content (AvgIpc) is 3.86. The molecular weight excluding hydrogens is 772 g/mol. The molecule has 4 saturated heterocycles. The van der Waals surface area contributed by atoms with Crippen LogP contribution in [0.1, 0.15) is 94.2 Å². The van der Waals surface area contributed by atoms with Crippen LogP contribution < -0.4 is 15.1 Å². The van der Waals surface area contributed by atoms with Crippen LogP contribution in [0.2, 0.25) is 5.02 Å². The molecular formula is C44H45ClN8O6. The van der Waals surface area contributed by atoms with Crippen molar-refractivity contribution < 1.29 is 28.8 Å². The van der Waals surface area contributed by atoms with E-state index in [0.29, 0.717) is 61.5 Å². The quantitative estimate of drug-likeness (QED) is 0.255. The van der Waals surface area contributed by atoms with E-state index in [4.69, 9.17) is 18.2 Å². The first-order chi connectivity index (χ1) is 28.4. The van der Waals surface area contributed by atoms with E-state index < -0.39 is 29.7 Å². The number of nitrogens with zero attached hydrogens (tertiary/aromatic N) is 7. The number of hydrogen-bond acceptors (Lipinski definition) is 10. The first-order valence-electron chi connectivity index (χ1n) is 20.5. The number of nitrogens with one attached hydrogen (secondary N) is 1. The molecule has 3 aromatic rings. The number of likely N-dealkylation sites (tertiary alicyclic amines) is 1. The van der Waals surface area contributed by atoms with Crippen LogP contribution in [0.25, 0.3) is 4.85 Å². The highest BCUT2D eigenvalue weighted by Gasteiger charge is 2.46. The minimum absolute atomic E-state index is 0.0616. The van der Waals surface area contributed by atoms with Gasteiger partial charge in [-0.25, -0.2) is 9.83 Å². The normalized spacial score (nSPS) is 23.1. The second-order valence-corrected chi connectivity index (χ2v) is 17.5. The summed E-state index contributed by atoms with van der Waals surface area (Å²) >= 11 is 6.37. The van der Waals surface area contributed by atoms with Crippen molar-refractivity contribution in [1.82, 2.24) is 25.0 Å². The summed E-state index contributed by atoms with van der Waals surface area (Å²) in [4.78, 5) is 95.2. The minimum Gasteiger partial charge on any atom is -0.370 e. The number of fused-ring (bicyclic) bond motifs is 2. The summed E-state index contributed by atoms with van der Waals surface area (Å²) in [6.45, 7) is 14.4. The van der Waals surface area contributed by atoms with Gasteiger partial charge in [0.1, 0.15) is 17.5 Å². The molecule has 5 amide bonds. The maximum absolute atomic E-state index is 13.5. The Kier molecular flexibility index (Phi) is 10.00. The van der Waals surface area contributed by atoms with E-state index in [9.17, 15) is 28.8 Å². The first kappa shape index (κ1) is 38.8. The molecule has 0 radical (unpaired) electrons. The molecule has 2 aromatic carbocycles. The molecule has 9 rings (SSSR count). The van der Waals surface area contributed by atoms with Gasteiger partial charge >= 0.3 is 0 Å². The Morgan fingerprint density at radius 3 is 2.20 bits per heavy atom. The molecule has 0 saturated carbocycles. The number of anilines is 2.